The molecule has 2 aromatic rings. The molecule has 1 heterocycles. The van der Waals surface area contributed by atoms with Crippen LogP contribution in [0.25, 0.3) is 0 Å². The molecule has 1 aliphatic rings. The van der Waals surface area contributed by atoms with Crippen molar-refractivity contribution in [3.8, 4) is 0 Å². The van der Waals surface area contributed by atoms with Crippen molar-refractivity contribution in [2.45, 2.75) is 24.4 Å². The number of hydrogen-bond acceptors (Lipinski definition) is 4. The number of aromatic nitrogens is 3. The molecule has 3 rings (SSSR count). The van der Waals surface area contributed by atoms with E-state index in [2.05, 4.69) is 16.3 Å². The number of nitrogens with zero attached hydrogens (tertiary/aromatic N) is 3. The van der Waals surface area contributed by atoms with Gasteiger partial charge < -0.3 is 15.0 Å². The zero-order valence-electron chi connectivity index (χ0n) is 11.2. The summed E-state index contributed by atoms with van der Waals surface area (Å²) in [6.07, 6.45) is 3.85. The Hall–Kier alpha value is -1.88. The number of anilines is 1. The first-order chi connectivity index (χ1) is 9.15. The molecule has 0 atom stereocenters. The summed E-state index contributed by atoms with van der Waals surface area (Å²) >= 11 is 0. The van der Waals surface area contributed by atoms with Gasteiger partial charge in [-0.15, -0.1) is 10.2 Å². The summed E-state index contributed by atoms with van der Waals surface area (Å²) in [5.74, 6) is 0.978. The summed E-state index contributed by atoms with van der Waals surface area (Å²) in [7, 11) is 3.73. The molecule has 5 nitrogen and oxygen atoms in total. The smallest absolute Gasteiger partial charge is 0.143 e. The van der Waals surface area contributed by atoms with Gasteiger partial charge in [-0.2, -0.15) is 0 Å². The number of aryl methyl sites for hydroxylation is 1. The molecule has 0 amide bonds. The first-order valence-electron chi connectivity index (χ1n) is 6.39. The van der Waals surface area contributed by atoms with Gasteiger partial charge in [-0.25, -0.2) is 0 Å². The van der Waals surface area contributed by atoms with Crippen LogP contribution < -0.4 is 5.73 Å². The van der Waals surface area contributed by atoms with Crippen LogP contribution in [0.2, 0.25) is 0 Å². The molecule has 0 saturated heterocycles. The molecule has 5 heteroatoms. The van der Waals surface area contributed by atoms with Crippen LogP contribution >= 0.6 is 0 Å². The van der Waals surface area contributed by atoms with E-state index in [0.717, 1.165) is 24.4 Å². The highest BCUT2D eigenvalue weighted by atomic mass is 16.5. The molecule has 100 valence electrons. The minimum absolute atomic E-state index is 0.124. The highest BCUT2D eigenvalue weighted by Crippen LogP contribution is 2.49. The Balaban J connectivity index is 2.07. The Morgan fingerprint density at radius 1 is 1.42 bits per heavy atom. The molecular formula is C14H18N4O. The van der Waals surface area contributed by atoms with Crippen LogP contribution in [-0.4, -0.2) is 28.0 Å². The number of ether oxygens (including phenoxy) is 1. The average Bonchev–Trinajstić information content (AvgIpc) is 2.76. The average molecular weight is 258 g/mol. The van der Waals surface area contributed by atoms with Gasteiger partial charge in [0.1, 0.15) is 12.2 Å². The van der Waals surface area contributed by atoms with E-state index in [1.807, 2.05) is 29.8 Å². The Morgan fingerprint density at radius 3 is 2.79 bits per heavy atom. The first-order valence-corrected chi connectivity index (χ1v) is 6.39. The topological polar surface area (TPSA) is 66.0 Å². The minimum Gasteiger partial charge on any atom is -0.399 e. The van der Waals surface area contributed by atoms with E-state index >= 15 is 0 Å². The van der Waals surface area contributed by atoms with Gasteiger partial charge in [0.05, 0.1) is 11.5 Å². The Morgan fingerprint density at radius 2 is 2.21 bits per heavy atom. The van der Waals surface area contributed by atoms with E-state index in [4.69, 9.17) is 10.5 Å². The number of hydrogen-bond donors (Lipinski definition) is 1. The van der Waals surface area contributed by atoms with Crippen molar-refractivity contribution >= 4 is 5.69 Å². The first kappa shape index (κ1) is 12.2. The molecule has 0 unspecified atom stereocenters. The summed E-state index contributed by atoms with van der Waals surface area (Å²) in [4.78, 5) is 0. The van der Waals surface area contributed by atoms with Crippen LogP contribution in [0, 0.1) is 0 Å². The third-order valence-electron chi connectivity index (χ3n) is 4.06. The van der Waals surface area contributed by atoms with Gasteiger partial charge in [-0.3, -0.25) is 0 Å². The number of benzene rings is 1. The van der Waals surface area contributed by atoms with Crippen LogP contribution in [0.1, 0.15) is 24.2 Å². The normalized spacial score (nSPS) is 26.1. The highest BCUT2D eigenvalue weighted by molar-refractivity contribution is 5.47. The quantitative estimate of drug-likeness (QED) is 0.847. The van der Waals surface area contributed by atoms with Crippen LogP contribution in [0.5, 0.6) is 0 Å². The standard InChI is InChI=1S/C14H18N4O/c1-18-9-16-17-13(18)14(7-12(8-14)19-2)10-4-3-5-11(15)6-10/h3-6,9,12H,7-8,15H2,1-2H3. The zero-order valence-corrected chi connectivity index (χ0v) is 11.2. The fourth-order valence-electron chi connectivity index (χ4n) is 2.98. The third kappa shape index (κ3) is 1.81. The van der Waals surface area contributed by atoms with E-state index < -0.39 is 0 Å². The van der Waals surface area contributed by atoms with Crippen molar-refractivity contribution in [3.63, 3.8) is 0 Å². The van der Waals surface area contributed by atoms with Gasteiger partial charge >= 0.3 is 0 Å². The molecule has 0 spiro atoms. The largest absolute Gasteiger partial charge is 0.399 e. The lowest BCUT2D eigenvalue weighted by Crippen LogP contribution is -2.48. The number of nitrogen functional groups attached to an aromatic ring is 1. The summed E-state index contributed by atoms with van der Waals surface area (Å²) in [5.41, 5.74) is 7.76. The van der Waals surface area contributed by atoms with E-state index in [-0.39, 0.29) is 11.5 Å². The molecule has 0 aliphatic heterocycles. The second-order valence-electron chi connectivity index (χ2n) is 5.24. The fourth-order valence-corrected chi connectivity index (χ4v) is 2.98. The van der Waals surface area contributed by atoms with E-state index in [9.17, 15) is 0 Å². The van der Waals surface area contributed by atoms with Gasteiger partial charge in [0.25, 0.3) is 0 Å². The summed E-state index contributed by atoms with van der Waals surface area (Å²) in [6, 6.07) is 8.03. The second-order valence-corrected chi connectivity index (χ2v) is 5.24. The predicted octanol–water partition coefficient (Wildman–Crippen LogP) is 1.49. The predicted molar refractivity (Wildman–Crippen MR) is 72.7 cm³/mol. The third-order valence-corrected chi connectivity index (χ3v) is 4.06. The SMILES string of the molecule is COC1CC(c2cccc(N)c2)(c2nncn2C)C1. The van der Waals surface area contributed by atoms with Crippen LogP contribution in [0.4, 0.5) is 5.69 Å². The highest BCUT2D eigenvalue weighted by Gasteiger charge is 2.50. The van der Waals surface area contributed by atoms with Crippen molar-refractivity contribution in [1.82, 2.24) is 14.8 Å². The molecular weight excluding hydrogens is 240 g/mol. The molecule has 1 aliphatic carbocycles. The molecule has 2 N–H and O–H groups in total. The molecule has 19 heavy (non-hydrogen) atoms. The molecule has 1 fully saturated rings. The summed E-state index contributed by atoms with van der Waals surface area (Å²) < 4.78 is 7.42. The van der Waals surface area contributed by atoms with Gasteiger partial charge in [-0.1, -0.05) is 12.1 Å². The number of nitrogens with two attached hydrogens (primary N) is 1. The van der Waals surface area contributed by atoms with Crippen LogP contribution in [0.15, 0.2) is 30.6 Å². The second kappa shape index (κ2) is 4.35. The number of methoxy groups -OCH3 is 1. The maximum absolute atomic E-state index is 5.92. The summed E-state index contributed by atoms with van der Waals surface area (Å²) in [6.45, 7) is 0. The minimum atomic E-state index is -0.124. The van der Waals surface area contributed by atoms with Crippen molar-refractivity contribution in [2.24, 2.45) is 7.05 Å². The van der Waals surface area contributed by atoms with E-state index in [1.54, 1.807) is 13.4 Å². The molecule has 1 aromatic heterocycles. The zero-order chi connectivity index (χ0) is 13.5. The van der Waals surface area contributed by atoms with Gasteiger partial charge in [0.15, 0.2) is 0 Å². The van der Waals surface area contributed by atoms with Gasteiger partial charge in [0, 0.05) is 19.8 Å². The monoisotopic (exact) mass is 258 g/mol. The van der Waals surface area contributed by atoms with Gasteiger partial charge in [-0.05, 0) is 30.5 Å². The van der Waals surface area contributed by atoms with E-state index in [0.29, 0.717) is 0 Å². The Kier molecular flexibility index (Phi) is 2.78. The lowest BCUT2D eigenvalue weighted by molar-refractivity contribution is -0.00694. The fraction of sp³-hybridized carbons (Fsp3) is 0.429. The van der Waals surface area contributed by atoms with Crippen molar-refractivity contribution in [3.05, 3.63) is 42.0 Å². The van der Waals surface area contributed by atoms with Gasteiger partial charge in [0.2, 0.25) is 0 Å². The lowest BCUT2D eigenvalue weighted by atomic mass is 9.62. The molecule has 1 saturated carbocycles. The van der Waals surface area contributed by atoms with Crippen molar-refractivity contribution in [2.75, 3.05) is 12.8 Å². The number of rotatable bonds is 3. The summed E-state index contributed by atoms with van der Waals surface area (Å²) in [5, 5.41) is 8.31. The maximum Gasteiger partial charge on any atom is 0.143 e. The molecule has 1 aromatic carbocycles. The Labute approximate surface area is 112 Å². The molecule has 0 bridgehead atoms. The van der Waals surface area contributed by atoms with Crippen LogP contribution in [0.3, 0.4) is 0 Å². The molecule has 0 radical (unpaired) electrons. The lowest BCUT2D eigenvalue weighted by Gasteiger charge is -2.46. The van der Waals surface area contributed by atoms with Crippen molar-refractivity contribution in [1.29, 1.82) is 0 Å². The van der Waals surface area contributed by atoms with Crippen molar-refractivity contribution < 1.29 is 4.74 Å². The van der Waals surface area contributed by atoms with Crippen LogP contribution in [-0.2, 0) is 17.2 Å². The maximum atomic E-state index is 5.92. The Bertz CT molecular complexity index is 587. The van der Waals surface area contributed by atoms with E-state index in [1.165, 1.54) is 5.56 Å².